The Morgan fingerprint density at radius 3 is 2.54 bits per heavy atom. The minimum atomic E-state index is 0.767. The summed E-state index contributed by atoms with van der Waals surface area (Å²) in [7, 11) is 0. The summed E-state index contributed by atoms with van der Waals surface area (Å²) in [5.74, 6) is 1.67. The van der Waals surface area contributed by atoms with Crippen LogP contribution in [0.3, 0.4) is 0 Å². The molecular formula is C22H27N3O. The molecule has 4 heteroatoms. The summed E-state index contributed by atoms with van der Waals surface area (Å²) in [6, 6.07) is 16.3. The highest BCUT2D eigenvalue weighted by Crippen LogP contribution is 2.22. The number of unbranched alkanes of at least 4 members (excludes halogenated alkanes) is 2. The molecule has 26 heavy (non-hydrogen) atoms. The number of para-hydroxylation sites is 2. The average Bonchev–Trinajstić information content (AvgIpc) is 3.03. The van der Waals surface area contributed by atoms with Crippen molar-refractivity contribution in [1.29, 1.82) is 0 Å². The maximum absolute atomic E-state index is 5.71. The van der Waals surface area contributed by atoms with E-state index in [0.29, 0.717) is 0 Å². The van der Waals surface area contributed by atoms with E-state index in [2.05, 4.69) is 40.5 Å². The van der Waals surface area contributed by atoms with Gasteiger partial charge in [0.05, 0.1) is 17.6 Å². The predicted octanol–water partition coefficient (Wildman–Crippen LogP) is 5.77. The van der Waals surface area contributed by atoms with Crippen molar-refractivity contribution in [3.05, 3.63) is 54.1 Å². The molecule has 0 bridgehead atoms. The number of nitrogens with zero attached hydrogens (tertiary/aromatic N) is 3. The highest BCUT2D eigenvalue weighted by atomic mass is 16.5. The van der Waals surface area contributed by atoms with Gasteiger partial charge in [-0.25, -0.2) is 9.98 Å². The molecule has 0 aliphatic carbocycles. The van der Waals surface area contributed by atoms with E-state index in [0.717, 1.165) is 67.1 Å². The number of fused-ring (bicyclic) bond motifs is 1. The number of aromatic nitrogens is 2. The van der Waals surface area contributed by atoms with Crippen molar-refractivity contribution in [3.63, 3.8) is 0 Å². The van der Waals surface area contributed by atoms with Gasteiger partial charge < -0.3 is 9.30 Å². The van der Waals surface area contributed by atoms with E-state index >= 15 is 0 Å². The van der Waals surface area contributed by atoms with Crippen molar-refractivity contribution in [2.75, 3.05) is 6.61 Å². The first-order chi connectivity index (χ1) is 12.8. The maximum atomic E-state index is 5.71. The zero-order valence-corrected chi connectivity index (χ0v) is 15.7. The van der Waals surface area contributed by atoms with Crippen molar-refractivity contribution < 1.29 is 4.74 Å². The van der Waals surface area contributed by atoms with E-state index in [9.17, 15) is 0 Å². The Hall–Kier alpha value is -2.62. The fourth-order valence-corrected chi connectivity index (χ4v) is 2.81. The lowest BCUT2D eigenvalue weighted by Gasteiger charge is -2.06. The zero-order valence-electron chi connectivity index (χ0n) is 15.7. The van der Waals surface area contributed by atoms with Gasteiger partial charge >= 0.3 is 0 Å². The number of benzene rings is 2. The van der Waals surface area contributed by atoms with Gasteiger partial charge in [0.2, 0.25) is 5.95 Å². The molecule has 4 nitrogen and oxygen atoms in total. The molecule has 0 fully saturated rings. The number of aliphatic imine (C=N–C) groups is 1. The van der Waals surface area contributed by atoms with Crippen LogP contribution in [-0.4, -0.2) is 22.4 Å². The number of hydrogen-bond acceptors (Lipinski definition) is 3. The Morgan fingerprint density at radius 1 is 1.00 bits per heavy atom. The molecule has 3 aromatic rings. The minimum Gasteiger partial charge on any atom is -0.494 e. The lowest BCUT2D eigenvalue weighted by Crippen LogP contribution is -1.97. The molecule has 0 unspecified atom stereocenters. The molecule has 2 aromatic carbocycles. The van der Waals surface area contributed by atoms with Gasteiger partial charge in [-0.05, 0) is 54.8 Å². The van der Waals surface area contributed by atoms with Gasteiger partial charge in [0.15, 0.2) is 0 Å². The summed E-state index contributed by atoms with van der Waals surface area (Å²) in [5.41, 5.74) is 3.19. The first-order valence-corrected chi connectivity index (χ1v) is 9.54. The maximum Gasteiger partial charge on any atom is 0.230 e. The third kappa shape index (κ3) is 4.51. The van der Waals surface area contributed by atoms with Gasteiger partial charge in [0, 0.05) is 12.8 Å². The Labute approximate surface area is 155 Å². The molecular weight excluding hydrogens is 322 g/mol. The molecule has 0 N–H and O–H groups in total. The fourth-order valence-electron chi connectivity index (χ4n) is 2.81. The lowest BCUT2D eigenvalue weighted by atomic mass is 10.2. The molecule has 0 saturated heterocycles. The monoisotopic (exact) mass is 349 g/mol. The van der Waals surface area contributed by atoms with Crippen LogP contribution in [0.5, 0.6) is 5.75 Å². The minimum absolute atomic E-state index is 0.767. The van der Waals surface area contributed by atoms with Crippen LogP contribution in [0.2, 0.25) is 0 Å². The van der Waals surface area contributed by atoms with Crippen molar-refractivity contribution in [1.82, 2.24) is 9.55 Å². The van der Waals surface area contributed by atoms with Crippen LogP contribution in [-0.2, 0) is 6.54 Å². The standard InChI is InChI=1S/C22H27N3O/c1-3-5-15-25-21-10-8-7-9-20(21)24-22(25)23-17-18-11-13-19(14-12-18)26-16-6-4-2/h7-14,17H,3-6,15-16H2,1-2H3/b23-17+. The molecule has 0 radical (unpaired) electrons. The van der Waals surface area contributed by atoms with Crippen LogP contribution in [0.15, 0.2) is 53.5 Å². The van der Waals surface area contributed by atoms with Crippen molar-refractivity contribution in [2.24, 2.45) is 4.99 Å². The molecule has 0 spiro atoms. The molecule has 1 aromatic heterocycles. The first kappa shape index (κ1) is 18.2. The predicted molar refractivity (Wildman–Crippen MR) is 109 cm³/mol. The molecule has 1 heterocycles. The van der Waals surface area contributed by atoms with E-state index in [1.807, 2.05) is 42.6 Å². The second kappa shape index (κ2) is 9.18. The Bertz CT molecular complexity index is 849. The van der Waals surface area contributed by atoms with E-state index in [1.165, 1.54) is 0 Å². The smallest absolute Gasteiger partial charge is 0.230 e. The summed E-state index contributed by atoms with van der Waals surface area (Å²) >= 11 is 0. The Balaban J connectivity index is 1.77. The summed E-state index contributed by atoms with van der Waals surface area (Å²) in [4.78, 5) is 9.35. The van der Waals surface area contributed by atoms with Crippen molar-refractivity contribution in [2.45, 2.75) is 46.1 Å². The molecule has 0 aliphatic heterocycles. The van der Waals surface area contributed by atoms with Crippen LogP contribution < -0.4 is 4.74 Å². The SMILES string of the molecule is CCCCOc1ccc(/C=N/c2nc3ccccc3n2CCCC)cc1. The van der Waals surface area contributed by atoms with E-state index in [1.54, 1.807) is 0 Å². The largest absolute Gasteiger partial charge is 0.494 e. The Kier molecular flexibility index (Phi) is 6.42. The van der Waals surface area contributed by atoms with Crippen molar-refractivity contribution in [3.8, 4) is 5.75 Å². The van der Waals surface area contributed by atoms with E-state index in [4.69, 9.17) is 4.74 Å². The third-order valence-corrected chi connectivity index (χ3v) is 4.35. The first-order valence-electron chi connectivity index (χ1n) is 9.54. The second-order valence-corrected chi connectivity index (χ2v) is 6.43. The quantitative estimate of drug-likeness (QED) is 0.363. The number of ether oxygens (including phenoxy) is 1. The number of hydrogen-bond donors (Lipinski definition) is 0. The van der Waals surface area contributed by atoms with Gasteiger partial charge in [-0.3, -0.25) is 0 Å². The number of aryl methyl sites for hydroxylation is 1. The summed E-state index contributed by atoms with van der Waals surface area (Å²) in [6.45, 7) is 6.07. The highest BCUT2D eigenvalue weighted by molar-refractivity contribution is 5.83. The average molecular weight is 349 g/mol. The van der Waals surface area contributed by atoms with Gasteiger partial charge in [0.1, 0.15) is 5.75 Å². The lowest BCUT2D eigenvalue weighted by molar-refractivity contribution is 0.309. The van der Waals surface area contributed by atoms with Crippen LogP contribution >= 0.6 is 0 Å². The summed E-state index contributed by atoms with van der Waals surface area (Å²) in [5, 5.41) is 0. The second-order valence-electron chi connectivity index (χ2n) is 6.43. The molecule has 136 valence electrons. The van der Waals surface area contributed by atoms with E-state index < -0.39 is 0 Å². The van der Waals surface area contributed by atoms with Crippen molar-refractivity contribution >= 4 is 23.2 Å². The molecule has 0 amide bonds. The summed E-state index contributed by atoms with van der Waals surface area (Å²) < 4.78 is 7.91. The van der Waals surface area contributed by atoms with Crippen LogP contribution in [0.4, 0.5) is 5.95 Å². The van der Waals surface area contributed by atoms with Gasteiger partial charge in [-0.15, -0.1) is 0 Å². The topological polar surface area (TPSA) is 39.4 Å². The normalized spacial score (nSPS) is 11.5. The van der Waals surface area contributed by atoms with Gasteiger partial charge in [0.25, 0.3) is 0 Å². The highest BCUT2D eigenvalue weighted by Gasteiger charge is 2.08. The molecule has 0 aliphatic rings. The van der Waals surface area contributed by atoms with Gasteiger partial charge in [-0.1, -0.05) is 38.8 Å². The summed E-state index contributed by atoms with van der Waals surface area (Å²) in [6.07, 6.45) is 6.36. The molecule has 3 rings (SSSR count). The number of imidazole rings is 1. The number of rotatable bonds is 9. The van der Waals surface area contributed by atoms with Gasteiger partial charge in [-0.2, -0.15) is 0 Å². The third-order valence-electron chi connectivity index (χ3n) is 4.35. The zero-order chi connectivity index (χ0) is 18.2. The molecule has 0 saturated carbocycles. The van der Waals surface area contributed by atoms with Crippen LogP contribution in [0.25, 0.3) is 11.0 Å². The molecule has 0 atom stereocenters. The van der Waals surface area contributed by atoms with E-state index in [-0.39, 0.29) is 0 Å². The van der Waals surface area contributed by atoms with Crippen LogP contribution in [0.1, 0.15) is 45.1 Å². The Morgan fingerprint density at radius 2 is 1.77 bits per heavy atom. The fraction of sp³-hybridized carbons (Fsp3) is 0.364. The van der Waals surface area contributed by atoms with Crippen LogP contribution in [0, 0.1) is 0 Å².